The SMILES string of the molecule is COc1ccc(-c2cccc(CC(=O)O)c2)cc1C#CCOc1ccccc1C(F)(F)F. The van der Waals surface area contributed by atoms with E-state index in [1.807, 2.05) is 12.1 Å². The van der Waals surface area contributed by atoms with E-state index in [0.717, 1.165) is 17.2 Å². The van der Waals surface area contributed by atoms with Gasteiger partial charge in [0.1, 0.15) is 18.1 Å². The minimum Gasteiger partial charge on any atom is -0.495 e. The fourth-order valence-corrected chi connectivity index (χ4v) is 3.09. The third-order valence-electron chi connectivity index (χ3n) is 4.53. The van der Waals surface area contributed by atoms with E-state index < -0.39 is 17.7 Å². The van der Waals surface area contributed by atoms with Crippen molar-refractivity contribution in [2.75, 3.05) is 13.7 Å². The molecule has 0 aliphatic heterocycles. The number of aliphatic carboxylic acids is 1. The van der Waals surface area contributed by atoms with Crippen molar-refractivity contribution in [2.24, 2.45) is 0 Å². The second-order valence-corrected chi connectivity index (χ2v) is 6.77. The summed E-state index contributed by atoms with van der Waals surface area (Å²) in [5.41, 5.74) is 1.94. The van der Waals surface area contributed by atoms with Gasteiger partial charge in [0.25, 0.3) is 0 Å². The predicted octanol–water partition coefficient (Wildman–Crippen LogP) is 5.44. The van der Waals surface area contributed by atoms with Gasteiger partial charge in [0.05, 0.1) is 24.7 Å². The van der Waals surface area contributed by atoms with E-state index >= 15 is 0 Å². The minimum atomic E-state index is -4.52. The van der Waals surface area contributed by atoms with Crippen LogP contribution in [-0.4, -0.2) is 24.8 Å². The molecule has 0 radical (unpaired) electrons. The molecule has 32 heavy (non-hydrogen) atoms. The first-order valence-corrected chi connectivity index (χ1v) is 9.55. The van der Waals surface area contributed by atoms with Gasteiger partial charge >= 0.3 is 12.1 Å². The van der Waals surface area contributed by atoms with Crippen LogP contribution in [0.2, 0.25) is 0 Å². The van der Waals surface area contributed by atoms with Gasteiger partial charge in [-0.25, -0.2) is 0 Å². The van der Waals surface area contributed by atoms with E-state index in [4.69, 9.17) is 14.6 Å². The second-order valence-electron chi connectivity index (χ2n) is 6.77. The molecule has 0 heterocycles. The molecule has 164 valence electrons. The van der Waals surface area contributed by atoms with Crippen LogP contribution in [-0.2, 0) is 17.4 Å². The van der Waals surface area contributed by atoms with Crippen molar-refractivity contribution in [2.45, 2.75) is 12.6 Å². The largest absolute Gasteiger partial charge is 0.495 e. The van der Waals surface area contributed by atoms with Crippen LogP contribution in [0.3, 0.4) is 0 Å². The van der Waals surface area contributed by atoms with Crippen LogP contribution in [0.4, 0.5) is 13.2 Å². The molecule has 3 rings (SSSR count). The molecule has 0 amide bonds. The molecular weight excluding hydrogens is 421 g/mol. The lowest BCUT2D eigenvalue weighted by atomic mass is 9.99. The van der Waals surface area contributed by atoms with Gasteiger partial charge in [-0.2, -0.15) is 13.2 Å². The first-order valence-electron chi connectivity index (χ1n) is 9.55. The molecule has 0 saturated carbocycles. The minimum absolute atomic E-state index is 0.0899. The highest BCUT2D eigenvalue weighted by Crippen LogP contribution is 2.35. The predicted molar refractivity (Wildman–Crippen MR) is 114 cm³/mol. The highest BCUT2D eigenvalue weighted by Gasteiger charge is 2.33. The number of hydrogen-bond acceptors (Lipinski definition) is 3. The van der Waals surface area contributed by atoms with Gasteiger partial charge in [0.2, 0.25) is 0 Å². The van der Waals surface area contributed by atoms with Gasteiger partial charge in [-0.15, -0.1) is 0 Å². The lowest BCUT2D eigenvalue weighted by molar-refractivity contribution is -0.139. The lowest BCUT2D eigenvalue weighted by Gasteiger charge is -2.12. The summed E-state index contributed by atoms with van der Waals surface area (Å²) in [5, 5.41) is 9.00. The monoisotopic (exact) mass is 440 g/mol. The van der Waals surface area contributed by atoms with Crippen LogP contribution in [0.5, 0.6) is 11.5 Å². The number of para-hydroxylation sites is 1. The molecule has 3 aromatic rings. The Morgan fingerprint density at radius 1 is 0.969 bits per heavy atom. The fourth-order valence-electron chi connectivity index (χ4n) is 3.09. The van der Waals surface area contributed by atoms with E-state index in [1.54, 1.807) is 30.3 Å². The van der Waals surface area contributed by atoms with Crippen LogP contribution in [0, 0.1) is 11.8 Å². The second kappa shape index (κ2) is 9.92. The van der Waals surface area contributed by atoms with E-state index in [-0.39, 0.29) is 18.8 Å². The first-order chi connectivity index (χ1) is 15.3. The van der Waals surface area contributed by atoms with Crippen molar-refractivity contribution >= 4 is 5.97 Å². The third-order valence-corrected chi connectivity index (χ3v) is 4.53. The molecule has 0 aliphatic carbocycles. The van der Waals surface area contributed by atoms with E-state index in [2.05, 4.69) is 11.8 Å². The van der Waals surface area contributed by atoms with E-state index in [9.17, 15) is 18.0 Å². The molecule has 0 aromatic heterocycles. The van der Waals surface area contributed by atoms with Gasteiger partial charge < -0.3 is 14.6 Å². The molecule has 0 aliphatic rings. The van der Waals surface area contributed by atoms with Crippen LogP contribution >= 0.6 is 0 Å². The Morgan fingerprint density at radius 3 is 2.44 bits per heavy atom. The summed E-state index contributed by atoms with van der Waals surface area (Å²) in [5.74, 6) is 4.89. The summed E-state index contributed by atoms with van der Waals surface area (Å²) < 4.78 is 49.7. The zero-order valence-corrected chi connectivity index (χ0v) is 17.1. The maximum Gasteiger partial charge on any atom is 0.419 e. The summed E-state index contributed by atoms with van der Waals surface area (Å²) in [6.07, 6.45) is -4.61. The van der Waals surface area contributed by atoms with Crippen molar-refractivity contribution in [3.05, 3.63) is 83.4 Å². The van der Waals surface area contributed by atoms with Gasteiger partial charge in [-0.05, 0) is 41.0 Å². The van der Waals surface area contributed by atoms with Gasteiger partial charge in [0.15, 0.2) is 0 Å². The third kappa shape index (κ3) is 5.82. The Morgan fingerprint density at radius 2 is 1.72 bits per heavy atom. The normalized spacial score (nSPS) is 10.8. The van der Waals surface area contributed by atoms with Crippen LogP contribution in [0.1, 0.15) is 16.7 Å². The maximum absolute atomic E-state index is 13.1. The number of rotatable bonds is 6. The summed E-state index contributed by atoms with van der Waals surface area (Å²) in [6.45, 7) is -0.241. The molecule has 4 nitrogen and oxygen atoms in total. The fraction of sp³-hybridized carbons (Fsp3) is 0.160. The number of ether oxygens (including phenoxy) is 2. The molecule has 3 aromatic carbocycles. The first kappa shape index (κ1) is 22.8. The number of halogens is 3. The lowest BCUT2D eigenvalue weighted by Crippen LogP contribution is -2.08. The molecule has 0 saturated heterocycles. The highest BCUT2D eigenvalue weighted by atomic mass is 19.4. The highest BCUT2D eigenvalue weighted by molar-refractivity contribution is 5.73. The summed E-state index contributed by atoms with van der Waals surface area (Å²) in [7, 11) is 1.49. The van der Waals surface area contributed by atoms with Crippen molar-refractivity contribution in [1.29, 1.82) is 0 Å². The average Bonchev–Trinajstić information content (AvgIpc) is 2.76. The number of carbonyl (C=O) groups is 1. The summed E-state index contributed by atoms with van der Waals surface area (Å²) in [6, 6.07) is 17.4. The van der Waals surface area contributed by atoms with Crippen molar-refractivity contribution in [1.82, 2.24) is 0 Å². The Labute approximate surface area is 183 Å². The van der Waals surface area contributed by atoms with Gasteiger partial charge in [-0.3, -0.25) is 4.79 Å². The van der Waals surface area contributed by atoms with Crippen LogP contribution in [0.25, 0.3) is 11.1 Å². The molecule has 0 atom stereocenters. The molecule has 1 N–H and O–H groups in total. The van der Waals surface area contributed by atoms with Gasteiger partial charge in [0, 0.05) is 0 Å². The van der Waals surface area contributed by atoms with E-state index in [1.165, 1.54) is 25.3 Å². The van der Waals surface area contributed by atoms with E-state index in [0.29, 0.717) is 16.9 Å². The van der Waals surface area contributed by atoms with Crippen molar-refractivity contribution in [3.8, 4) is 34.5 Å². The molecule has 0 spiro atoms. The number of carboxylic acids is 1. The van der Waals surface area contributed by atoms with Crippen molar-refractivity contribution < 1.29 is 32.5 Å². The summed E-state index contributed by atoms with van der Waals surface area (Å²) in [4.78, 5) is 11.0. The smallest absolute Gasteiger partial charge is 0.419 e. The zero-order valence-electron chi connectivity index (χ0n) is 17.1. The van der Waals surface area contributed by atoms with Crippen molar-refractivity contribution in [3.63, 3.8) is 0 Å². The van der Waals surface area contributed by atoms with Gasteiger partial charge in [-0.1, -0.05) is 54.3 Å². The average molecular weight is 440 g/mol. The molecule has 0 fully saturated rings. The molecule has 0 unspecified atom stereocenters. The Hall–Kier alpha value is -3.92. The molecular formula is C25H19F3O4. The summed E-state index contributed by atoms with van der Waals surface area (Å²) >= 11 is 0. The molecule has 0 bridgehead atoms. The maximum atomic E-state index is 13.1. The molecule has 7 heteroatoms. The number of alkyl halides is 3. The van der Waals surface area contributed by atoms with Crippen LogP contribution in [0.15, 0.2) is 66.7 Å². The number of hydrogen-bond donors (Lipinski definition) is 1. The topological polar surface area (TPSA) is 55.8 Å². The number of carboxylic acid groups (broad SMARTS) is 1. The zero-order chi connectivity index (χ0) is 23.1. The Kier molecular flexibility index (Phi) is 7.06. The van der Waals surface area contributed by atoms with Crippen LogP contribution < -0.4 is 9.47 Å². The quantitative estimate of drug-likeness (QED) is 0.519. The standard InChI is InChI=1S/C25H19F3O4/c1-31-22-12-11-19(18-7-4-6-17(14-18)15-24(29)30)16-20(22)8-5-13-32-23-10-3-2-9-21(23)25(26,27)28/h2-4,6-7,9-12,14,16H,13,15H2,1H3,(H,29,30). The number of benzene rings is 3. The Bertz CT molecular complexity index is 1170. The number of methoxy groups -OCH3 is 1. The Balaban J connectivity index is 1.82.